The zero-order valence-corrected chi connectivity index (χ0v) is 18.1. The molecule has 164 valence electrons. The van der Waals surface area contributed by atoms with E-state index in [0.717, 1.165) is 52.0 Å². The third-order valence-corrected chi connectivity index (χ3v) is 7.94. The lowest BCUT2D eigenvalue weighted by Gasteiger charge is -2.26. The van der Waals surface area contributed by atoms with Crippen LogP contribution in [-0.4, -0.2) is 60.2 Å². The highest BCUT2D eigenvalue weighted by molar-refractivity contribution is 5.21. The average molecular weight is 404 g/mol. The SMILES string of the molecule is O[C@H](C=C[C@@H]1[C@H]2CC(CCCCCN3CCOCC3)=C[C@H]2C[C@H]1O)C1CCCC1. The molecule has 2 saturated carbocycles. The number of aliphatic hydroxyl groups excluding tert-OH is 2. The Labute approximate surface area is 177 Å². The molecule has 4 rings (SSSR count). The van der Waals surface area contributed by atoms with Gasteiger partial charge in [0.05, 0.1) is 25.4 Å². The minimum Gasteiger partial charge on any atom is -0.392 e. The Bertz CT molecular complexity index is 562. The molecule has 5 atom stereocenters. The van der Waals surface area contributed by atoms with Crippen molar-refractivity contribution in [3.05, 3.63) is 23.8 Å². The van der Waals surface area contributed by atoms with Gasteiger partial charge in [-0.15, -0.1) is 0 Å². The smallest absolute Gasteiger partial charge is 0.0749 e. The number of hydrogen-bond donors (Lipinski definition) is 2. The van der Waals surface area contributed by atoms with Crippen LogP contribution in [0, 0.1) is 23.7 Å². The van der Waals surface area contributed by atoms with Crippen LogP contribution in [-0.2, 0) is 4.74 Å². The molecule has 4 aliphatic rings. The molecule has 0 amide bonds. The quantitative estimate of drug-likeness (QED) is 0.452. The molecule has 3 aliphatic carbocycles. The minimum absolute atomic E-state index is 0.228. The Morgan fingerprint density at radius 3 is 2.72 bits per heavy atom. The molecule has 0 unspecified atom stereocenters. The summed E-state index contributed by atoms with van der Waals surface area (Å²) in [5, 5.41) is 21.0. The van der Waals surface area contributed by atoms with Gasteiger partial charge in [-0.1, -0.05) is 43.1 Å². The van der Waals surface area contributed by atoms with Crippen LogP contribution in [0.3, 0.4) is 0 Å². The van der Waals surface area contributed by atoms with Gasteiger partial charge in [0, 0.05) is 19.0 Å². The summed E-state index contributed by atoms with van der Waals surface area (Å²) in [6, 6.07) is 0. The van der Waals surface area contributed by atoms with E-state index in [2.05, 4.69) is 17.1 Å². The fraction of sp³-hybridized carbons (Fsp3) is 0.840. The second-order valence-electron chi connectivity index (χ2n) is 9.92. The third kappa shape index (κ3) is 5.72. The Balaban J connectivity index is 1.17. The zero-order valence-electron chi connectivity index (χ0n) is 18.1. The fourth-order valence-corrected chi connectivity index (χ4v) is 6.18. The monoisotopic (exact) mass is 403 g/mol. The average Bonchev–Trinajstić information content (AvgIpc) is 3.44. The highest BCUT2D eigenvalue weighted by Crippen LogP contribution is 2.48. The van der Waals surface area contributed by atoms with Crippen molar-refractivity contribution >= 4 is 0 Å². The van der Waals surface area contributed by atoms with Crippen molar-refractivity contribution in [1.29, 1.82) is 0 Å². The molecule has 1 saturated heterocycles. The number of ether oxygens (including phenoxy) is 1. The van der Waals surface area contributed by atoms with Gasteiger partial charge >= 0.3 is 0 Å². The van der Waals surface area contributed by atoms with Crippen LogP contribution in [0.5, 0.6) is 0 Å². The lowest BCUT2D eigenvalue weighted by atomic mass is 9.88. The Hall–Kier alpha value is -0.680. The van der Waals surface area contributed by atoms with Crippen molar-refractivity contribution in [3.63, 3.8) is 0 Å². The predicted octanol–water partition coefficient (Wildman–Crippen LogP) is 3.93. The van der Waals surface area contributed by atoms with Gasteiger partial charge in [-0.2, -0.15) is 0 Å². The van der Waals surface area contributed by atoms with Crippen molar-refractivity contribution in [2.24, 2.45) is 23.7 Å². The van der Waals surface area contributed by atoms with E-state index < -0.39 is 0 Å². The Morgan fingerprint density at radius 2 is 1.93 bits per heavy atom. The molecule has 4 nitrogen and oxygen atoms in total. The number of fused-ring (bicyclic) bond motifs is 1. The molecule has 0 bridgehead atoms. The van der Waals surface area contributed by atoms with Crippen LogP contribution in [0.25, 0.3) is 0 Å². The molecule has 0 aromatic rings. The molecular weight excluding hydrogens is 362 g/mol. The van der Waals surface area contributed by atoms with E-state index in [1.54, 1.807) is 5.57 Å². The number of nitrogens with zero attached hydrogens (tertiary/aromatic N) is 1. The number of hydrogen-bond acceptors (Lipinski definition) is 4. The number of aliphatic hydroxyl groups is 2. The Kier molecular flexibility index (Phi) is 7.85. The molecular formula is C25H41NO3. The maximum atomic E-state index is 10.6. The van der Waals surface area contributed by atoms with Crippen molar-refractivity contribution in [2.45, 2.75) is 76.4 Å². The van der Waals surface area contributed by atoms with E-state index in [1.165, 1.54) is 45.1 Å². The van der Waals surface area contributed by atoms with Crippen LogP contribution >= 0.6 is 0 Å². The van der Waals surface area contributed by atoms with Gasteiger partial charge in [0.25, 0.3) is 0 Å². The zero-order chi connectivity index (χ0) is 20.1. The first-order chi connectivity index (χ1) is 14.2. The second-order valence-corrected chi connectivity index (χ2v) is 9.92. The molecule has 1 aliphatic heterocycles. The van der Waals surface area contributed by atoms with Gasteiger partial charge < -0.3 is 14.9 Å². The van der Waals surface area contributed by atoms with E-state index in [9.17, 15) is 10.2 Å². The maximum Gasteiger partial charge on any atom is 0.0749 e. The largest absolute Gasteiger partial charge is 0.392 e. The first-order valence-electron chi connectivity index (χ1n) is 12.2. The summed E-state index contributed by atoms with van der Waals surface area (Å²) in [6.07, 6.45) is 18.1. The van der Waals surface area contributed by atoms with Gasteiger partial charge in [-0.05, 0) is 69.2 Å². The highest BCUT2D eigenvalue weighted by atomic mass is 16.5. The number of rotatable bonds is 9. The lowest BCUT2D eigenvalue weighted by Crippen LogP contribution is -2.36. The van der Waals surface area contributed by atoms with Crippen molar-refractivity contribution in [3.8, 4) is 0 Å². The molecule has 3 fully saturated rings. The molecule has 2 N–H and O–H groups in total. The van der Waals surface area contributed by atoms with Gasteiger partial charge in [0.15, 0.2) is 0 Å². The van der Waals surface area contributed by atoms with Crippen LogP contribution in [0.15, 0.2) is 23.8 Å². The molecule has 0 aromatic carbocycles. The van der Waals surface area contributed by atoms with Crippen LogP contribution in [0.4, 0.5) is 0 Å². The molecule has 1 heterocycles. The van der Waals surface area contributed by atoms with Gasteiger partial charge in [-0.3, -0.25) is 4.90 Å². The predicted molar refractivity (Wildman–Crippen MR) is 117 cm³/mol. The van der Waals surface area contributed by atoms with Crippen LogP contribution in [0.1, 0.15) is 64.2 Å². The molecule has 4 heteroatoms. The summed E-state index contributed by atoms with van der Waals surface area (Å²) in [5.41, 5.74) is 1.62. The number of allylic oxidation sites excluding steroid dienone is 2. The summed E-state index contributed by atoms with van der Waals surface area (Å²) < 4.78 is 5.42. The topological polar surface area (TPSA) is 52.9 Å². The standard InChI is InChI=1S/C25H41NO3/c27-24(20-7-3-4-8-20)10-9-22-23-17-19(16-21(23)18-25(22)28)6-2-1-5-11-26-12-14-29-15-13-26/h9-10,16,20-25,27-28H,1-8,11-15,17-18H2/t21-,22+,23-,24+,25+/m0/s1. The van der Waals surface area contributed by atoms with Crippen LogP contribution in [0.2, 0.25) is 0 Å². The maximum absolute atomic E-state index is 10.6. The van der Waals surface area contributed by atoms with Gasteiger partial charge in [0.1, 0.15) is 0 Å². The number of morpholine rings is 1. The lowest BCUT2D eigenvalue weighted by molar-refractivity contribution is 0.0371. The van der Waals surface area contributed by atoms with E-state index in [1.807, 2.05) is 6.08 Å². The molecule has 29 heavy (non-hydrogen) atoms. The molecule has 0 aromatic heterocycles. The Morgan fingerprint density at radius 1 is 1.14 bits per heavy atom. The van der Waals surface area contributed by atoms with Crippen LogP contribution < -0.4 is 0 Å². The van der Waals surface area contributed by atoms with Crippen molar-refractivity contribution in [2.75, 3.05) is 32.8 Å². The molecule has 0 spiro atoms. The van der Waals surface area contributed by atoms with E-state index >= 15 is 0 Å². The normalized spacial score (nSPS) is 34.8. The summed E-state index contributed by atoms with van der Waals surface area (Å²) in [5.74, 6) is 1.77. The van der Waals surface area contributed by atoms with E-state index in [0.29, 0.717) is 17.8 Å². The van der Waals surface area contributed by atoms with Crippen molar-refractivity contribution in [1.82, 2.24) is 4.90 Å². The molecule has 0 radical (unpaired) electrons. The summed E-state index contributed by atoms with van der Waals surface area (Å²) >= 11 is 0. The second kappa shape index (κ2) is 10.6. The first-order valence-corrected chi connectivity index (χ1v) is 12.2. The van der Waals surface area contributed by atoms with Crippen molar-refractivity contribution < 1.29 is 14.9 Å². The first kappa shape index (κ1) is 21.5. The summed E-state index contributed by atoms with van der Waals surface area (Å²) in [4.78, 5) is 2.53. The van der Waals surface area contributed by atoms with E-state index in [4.69, 9.17) is 4.74 Å². The third-order valence-electron chi connectivity index (χ3n) is 7.94. The summed E-state index contributed by atoms with van der Waals surface area (Å²) in [7, 11) is 0. The van der Waals surface area contributed by atoms with Gasteiger partial charge in [0.2, 0.25) is 0 Å². The van der Waals surface area contributed by atoms with E-state index in [-0.39, 0.29) is 18.1 Å². The summed E-state index contributed by atoms with van der Waals surface area (Å²) in [6.45, 7) is 5.21. The minimum atomic E-state index is -0.316. The number of unbranched alkanes of at least 4 members (excludes halogenated alkanes) is 2. The van der Waals surface area contributed by atoms with Gasteiger partial charge in [-0.25, -0.2) is 0 Å². The highest BCUT2D eigenvalue weighted by Gasteiger charge is 2.43. The fourth-order valence-electron chi connectivity index (χ4n) is 6.18.